The van der Waals surface area contributed by atoms with E-state index in [0.29, 0.717) is 18.8 Å². The van der Waals surface area contributed by atoms with E-state index in [1.807, 2.05) is 0 Å². The third kappa shape index (κ3) is 4.00. The van der Waals surface area contributed by atoms with E-state index in [4.69, 9.17) is 9.47 Å². The standard InChI is InChI=1S/C18H28N2O2/c1-21-13-14-22-18-8-11-19(12-9-18)17-7-10-20(15-17)16-5-3-2-4-6-16/h2-6,17-18H,7-15H2,1H3/t17-/m1/s1. The van der Waals surface area contributed by atoms with Gasteiger partial charge >= 0.3 is 0 Å². The van der Waals surface area contributed by atoms with Gasteiger partial charge in [0.05, 0.1) is 19.3 Å². The van der Waals surface area contributed by atoms with Gasteiger partial charge in [0.25, 0.3) is 0 Å². The number of benzene rings is 1. The van der Waals surface area contributed by atoms with Crippen LogP contribution in [0.4, 0.5) is 5.69 Å². The molecule has 2 fully saturated rings. The number of anilines is 1. The lowest BCUT2D eigenvalue weighted by molar-refractivity contribution is -0.0198. The SMILES string of the molecule is COCCOC1CCN([C@@H]2CCN(c3ccccc3)C2)CC1. The van der Waals surface area contributed by atoms with Crippen LogP contribution in [-0.4, -0.2) is 63.5 Å². The van der Waals surface area contributed by atoms with E-state index < -0.39 is 0 Å². The first-order valence-electron chi connectivity index (χ1n) is 8.51. The predicted molar refractivity (Wildman–Crippen MR) is 89.5 cm³/mol. The van der Waals surface area contributed by atoms with E-state index in [9.17, 15) is 0 Å². The lowest BCUT2D eigenvalue weighted by Gasteiger charge is -2.36. The van der Waals surface area contributed by atoms with Gasteiger partial charge in [0.2, 0.25) is 0 Å². The van der Waals surface area contributed by atoms with Crippen molar-refractivity contribution in [3.63, 3.8) is 0 Å². The van der Waals surface area contributed by atoms with Crippen molar-refractivity contribution < 1.29 is 9.47 Å². The van der Waals surface area contributed by atoms with Crippen molar-refractivity contribution in [1.29, 1.82) is 0 Å². The summed E-state index contributed by atoms with van der Waals surface area (Å²) in [6.07, 6.45) is 4.03. The molecule has 22 heavy (non-hydrogen) atoms. The van der Waals surface area contributed by atoms with E-state index in [0.717, 1.165) is 19.4 Å². The van der Waals surface area contributed by atoms with E-state index >= 15 is 0 Å². The largest absolute Gasteiger partial charge is 0.382 e. The molecule has 1 aromatic rings. The zero-order valence-electron chi connectivity index (χ0n) is 13.6. The van der Waals surface area contributed by atoms with E-state index in [1.54, 1.807) is 7.11 Å². The molecule has 122 valence electrons. The van der Waals surface area contributed by atoms with Crippen LogP contribution in [0.3, 0.4) is 0 Å². The Balaban J connectivity index is 1.43. The molecule has 0 spiro atoms. The second-order valence-electron chi connectivity index (χ2n) is 6.32. The van der Waals surface area contributed by atoms with Crippen molar-refractivity contribution >= 4 is 5.69 Å². The van der Waals surface area contributed by atoms with Crippen LogP contribution in [-0.2, 0) is 9.47 Å². The van der Waals surface area contributed by atoms with Gasteiger partial charge < -0.3 is 14.4 Å². The minimum atomic E-state index is 0.429. The highest BCUT2D eigenvalue weighted by Crippen LogP contribution is 2.25. The number of hydrogen-bond acceptors (Lipinski definition) is 4. The number of ether oxygens (including phenoxy) is 2. The molecule has 2 heterocycles. The maximum absolute atomic E-state index is 5.86. The molecule has 0 unspecified atom stereocenters. The lowest BCUT2D eigenvalue weighted by Crippen LogP contribution is -2.44. The van der Waals surface area contributed by atoms with E-state index in [2.05, 4.69) is 40.1 Å². The number of piperidine rings is 1. The molecule has 4 heteroatoms. The van der Waals surface area contributed by atoms with E-state index in [1.165, 1.54) is 38.3 Å². The molecule has 2 aliphatic heterocycles. The lowest BCUT2D eigenvalue weighted by atomic mass is 10.0. The summed E-state index contributed by atoms with van der Waals surface area (Å²) >= 11 is 0. The van der Waals surface area contributed by atoms with Gasteiger partial charge in [0.1, 0.15) is 0 Å². The Bertz CT molecular complexity index is 432. The highest BCUT2D eigenvalue weighted by Gasteiger charge is 2.30. The Morgan fingerprint density at radius 3 is 2.50 bits per heavy atom. The summed E-state index contributed by atoms with van der Waals surface area (Å²) in [7, 11) is 1.73. The average molecular weight is 304 g/mol. The highest BCUT2D eigenvalue weighted by molar-refractivity contribution is 5.47. The summed E-state index contributed by atoms with van der Waals surface area (Å²) < 4.78 is 10.9. The minimum absolute atomic E-state index is 0.429. The molecule has 4 nitrogen and oxygen atoms in total. The number of para-hydroxylation sites is 1. The van der Waals surface area contributed by atoms with Crippen LogP contribution in [0.1, 0.15) is 19.3 Å². The van der Waals surface area contributed by atoms with Crippen LogP contribution in [0.15, 0.2) is 30.3 Å². The minimum Gasteiger partial charge on any atom is -0.382 e. The second kappa shape index (κ2) is 7.95. The van der Waals surface area contributed by atoms with Gasteiger partial charge in [-0.05, 0) is 31.4 Å². The Morgan fingerprint density at radius 2 is 1.77 bits per heavy atom. The molecule has 0 bridgehead atoms. The molecular formula is C18H28N2O2. The molecule has 0 amide bonds. The molecule has 0 saturated carbocycles. The Kier molecular flexibility index (Phi) is 5.70. The quantitative estimate of drug-likeness (QED) is 0.754. The number of likely N-dealkylation sites (tertiary alicyclic amines) is 1. The van der Waals surface area contributed by atoms with Gasteiger partial charge in [-0.15, -0.1) is 0 Å². The van der Waals surface area contributed by atoms with Gasteiger partial charge in [0, 0.05) is 45.0 Å². The second-order valence-corrected chi connectivity index (χ2v) is 6.32. The highest BCUT2D eigenvalue weighted by atomic mass is 16.5. The maximum atomic E-state index is 5.86. The molecule has 3 rings (SSSR count). The third-order valence-electron chi connectivity index (χ3n) is 4.92. The topological polar surface area (TPSA) is 24.9 Å². The fraction of sp³-hybridized carbons (Fsp3) is 0.667. The monoisotopic (exact) mass is 304 g/mol. The summed E-state index contributed by atoms with van der Waals surface area (Å²) in [5.41, 5.74) is 1.36. The summed E-state index contributed by atoms with van der Waals surface area (Å²) in [5, 5.41) is 0. The molecule has 0 aromatic heterocycles. The molecule has 0 N–H and O–H groups in total. The van der Waals surface area contributed by atoms with Gasteiger partial charge in [-0.1, -0.05) is 18.2 Å². The first-order valence-corrected chi connectivity index (χ1v) is 8.51. The van der Waals surface area contributed by atoms with Crippen molar-refractivity contribution in [2.24, 2.45) is 0 Å². The zero-order chi connectivity index (χ0) is 15.2. The van der Waals surface area contributed by atoms with Crippen LogP contribution in [0.2, 0.25) is 0 Å². The summed E-state index contributed by atoms with van der Waals surface area (Å²) in [4.78, 5) is 5.19. The normalized spacial score (nSPS) is 24.0. The van der Waals surface area contributed by atoms with Gasteiger partial charge in [0.15, 0.2) is 0 Å². The van der Waals surface area contributed by atoms with Crippen molar-refractivity contribution in [2.45, 2.75) is 31.4 Å². The summed E-state index contributed by atoms with van der Waals surface area (Å²) in [6, 6.07) is 11.5. The Morgan fingerprint density at radius 1 is 1.00 bits per heavy atom. The first-order chi connectivity index (χ1) is 10.9. The van der Waals surface area contributed by atoms with Gasteiger partial charge in [-0.2, -0.15) is 0 Å². The Labute approximate surface area is 134 Å². The van der Waals surface area contributed by atoms with Crippen LogP contribution in [0.25, 0.3) is 0 Å². The number of hydrogen-bond donors (Lipinski definition) is 0. The van der Waals surface area contributed by atoms with Crippen LogP contribution in [0, 0.1) is 0 Å². The van der Waals surface area contributed by atoms with Crippen molar-refractivity contribution in [2.75, 3.05) is 51.4 Å². The summed E-state index contributed by atoms with van der Waals surface area (Å²) in [5.74, 6) is 0. The molecule has 2 aliphatic rings. The molecule has 0 aliphatic carbocycles. The molecule has 2 saturated heterocycles. The van der Waals surface area contributed by atoms with Gasteiger partial charge in [-0.25, -0.2) is 0 Å². The maximum Gasteiger partial charge on any atom is 0.0704 e. The van der Waals surface area contributed by atoms with Crippen molar-refractivity contribution in [1.82, 2.24) is 4.90 Å². The molecule has 0 radical (unpaired) electrons. The first kappa shape index (κ1) is 15.8. The molecule has 1 atom stereocenters. The van der Waals surface area contributed by atoms with Crippen molar-refractivity contribution in [3.8, 4) is 0 Å². The predicted octanol–water partition coefficient (Wildman–Crippen LogP) is 2.39. The van der Waals surface area contributed by atoms with Crippen LogP contribution in [0.5, 0.6) is 0 Å². The molecule has 1 aromatic carbocycles. The fourth-order valence-corrected chi connectivity index (χ4v) is 3.62. The van der Waals surface area contributed by atoms with Gasteiger partial charge in [-0.3, -0.25) is 4.90 Å². The average Bonchev–Trinajstić information content (AvgIpc) is 3.07. The molecular weight excluding hydrogens is 276 g/mol. The number of rotatable bonds is 6. The van der Waals surface area contributed by atoms with Crippen LogP contribution >= 0.6 is 0 Å². The summed E-state index contributed by atoms with van der Waals surface area (Å²) in [6.45, 7) is 6.12. The van der Waals surface area contributed by atoms with E-state index in [-0.39, 0.29) is 0 Å². The fourth-order valence-electron chi connectivity index (χ4n) is 3.62. The Hall–Kier alpha value is -1.10. The van der Waals surface area contributed by atoms with Crippen molar-refractivity contribution in [3.05, 3.63) is 30.3 Å². The van der Waals surface area contributed by atoms with Crippen LogP contribution < -0.4 is 4.90 Å². The zero-order valence-corrected chi connectivity index (χ0v) is 13.6. The smallest absolute Gasteiger partial charge is 0.0704 e. The number of methoxy groups -OCH3 is 1. The number of nitrogens with zero attached hydrogens (tertiary/aromatic N) is 2. The third-order valence-corrected chi connectivity index (χ3v) is 4.92.